The Hall–Kier alpha value is -3.45. The Labute approximate surface area is 166 Å². The summed E-state index contributed by atoms with van der Waals surface area (Å²) in [5.74, 6) is -0.290. The predicted molar refractivity (Wildman–Crippen MR) is 107 cm³/mol. The van der Waals surface area contributed by atoms with Crippen molar-refractivity contribution in [2.75, 3.05) is 17.7 Å². The van der Waals surface area contributed by atoms with E-state index in [1.807, 2.05) is 24.3 Å². The van der Waals surface area contributed by atoms with Gasteiger partial charge in [-0.25, -0.2) is 14.8 Å². The molecular weight excluding hydrogens is 380 g/mol. The molecule has 1 amide bonds. The van der Waals surface area contributed by atoms with E-state index in [9.17, 15) is 9.59 Å². The monoisotopic (exact) mass is 396 g/mol. The van der Waals surface area contributed by atoms with E-state index < -0.39 is 11.9 Å². The zero-order valence-corrected chi connectivity index (χ0v) is 15.7. The molecule has 0 atom stereocenters. The molecule has 2 N–H and O–H groups in total. The fourth-order valence-electron chi connectivity index (χ4n) is 2.33. The van der Waals surface area contributed by atoms with E-state index in [-0.39, 0.29) is 5.69 Å². The second-order valence-electron chi connectivity index (χ2n) is 5.79. The normalized spacial score (nSPS) is 10.2. The minimum Gasteiger partial charge on any atom is -0.465 e. The average molecular weight is 397 g/mol. The van der Waals surface area contributed by atoms with Crippen molar-refractivity contribution in [1.82, 2.24) is 9.97 Å². The molecule has 28 heavy (non-hydrogen) atoms. The Morgan fingerprint density at radius 1 is 1.00 bits per heavy atom. The van der Waals surface area contributed by atoms with Gasteiger partial charge in [0.25, 0.3) is 5.91 Å². The number of amides is 1. The number of benzene rings is 2. The molecule has 0 aliphatic carbocycles. The van der Waals surface area contributed by atoms with Crippen molar-refractivity contribution in [3.8, 4) is 0 Å². The van der Waals surface area contributed by atoms with Gasteiger partial charge in [0.15, 0.2) is 0 Å². The molecule has 0 bridgehead atoms. The second-order valence-corrected chi connectivity index (χ2v) is 6.23. The van der Waals surface area contributed by atoms with Gasteiger partial charge in [-0.2, -0.15) is 0 Å². The highest BCUT2D eigenvalue weighted by Gasteiger charge is 2.10. The first-order valence-corrected chi connectivity index (χ1v) is 8.73. The number of carbonyl (C=O) groups is 2. The summed E-state index contributed by atoms with van der Waals surface area (Å²) in [4.78, 5) is 32.0. The minimum atomic E-state index is -0.439. The molecule has 0 spiro atoms. The summed E-state index contributed by atoms with van der Waals surface area (Å²) in [5, 5.41) is 6.50. The van der Waals surface area contributed by atoms with Crippen LogP contribution in [0.1, 0.15) is 26.4 Å². The summed E-state index contributed by atoms with van der Waals surface area (Å²) in [6.07, 6.45) is 2.88. The lowest BCUT2D eigenvalue weighted by molar-refractivity contribution is 0.0600. The number of anilines is 2. The maximum Gasteiger partial charge on any atom is 0.337 e. The number of aromatic nitrogens is 2. The molecule has 8 heteroatoms. The van der Waals surface area contributed by atoms with Crippen molar-refractivity contribution in [2.24, 2.45) is 0 Å². The number of methoxy groups -OCH3 is 1. The molecule has 3 aromatic rings. The van der Waals surface area contributed by atoms with Gasteiger partial charge < -0.3 is 15.4 Å². The number of esters is 1. The average Bonchev–Trinajstić information content (AvgIpc) is 2.73. The Bertz CT molecular complexity index is 958. The Kier molecular flexibility index (Phi) is 6.18. The van der Waals surface area contributed by atoms with Crippen LogP contribution in [0.15, 0.2) is 60.9 Å². The first-order valence-electron chi connectivity index (χ1n) is 8.35. The maximum atomic E-state index is 12.3. The molecule has 3 rings (SSSR count). The highest BCUT2D eigenvalue weighted by Crippen LogP contribution is 2.13. The maximum absolute atomic E-state index is 12.3. The molecule has 142 valence electrons. The topological polar surface area (TPSA) is 93.2 Å². The van der Waals surface area contributed by atoms with Gasteiger partial charge in [-0.3, -0.25) is 4.79 Å². The molecule has 0 unspecified atom stereocenters. The molecule has 2 aromatic carbocycles. The van der Waals surface area contributed by atoms with Crippen LogP contribution in [0.25, 0.3) is 0 Å². The summed E-state index contributed by atoms with van der Waals surface area (Å²) in [6, 6.07) is 13.8. The van der Waals surface area contributed by atoms with Gasteiger partial charge in [0.05, 0.1) is 25.1 Å². The van der Waals surface area contributed by atoms with Crippen LogP contribution < -0.4 is 10.6 Å². The quantitative estimate of drug-likeness (QED) is 0.616. The first-order chi connectivity index (χ1) is 13.5. The van der Waals surface area contributed by atoms with Gasteiger partial charge in [0.2, 0.25) is 0 Å². The van der Waals surface area contributed by atoms with E-state index in [0.29, 0.717) is 28.6 Å². The number of nitrogens with zero attached hydrogens (tertiary/aromatic N) is 2. The van der Waals surface area contributed by atoms with E-state index in [0.717, 1.165) is 5.56 Å². The second kappa shape index (κ2) is 8.96. The van der Waals surface area contributed by atoms with E-state index in [4.69, 9.17) is 11.6 Å². The Morgan fingerprint density at radius 2 is 1.71 bits per heavy atom. The molecule has 0 aliphatic heterocycles. The van der Waals surface area contributed by atoms with Gasteiger partial charge in [-0.05, 0) is 42.0 Å². The lowest BCUT2D eigenvalue weighted by Crippen LogP contribution is -2.14. The van der Waals surface area contributed by atoms with Crippen LogP contribution in [0.2, 0.25) is 5.02 Å². The zero-order chi connectivity index (χ0) is 19.9. The number of hydrogen-bond donors (Lipinski definition) is 2. The summed E-state index contributed by atoms with van der Waals surface area (Å²) in [5.41, 5.74) is 2.15. The fourth-order valence-corrected chi connectivity index (χ4v) is 2.46. The van der Waals surface area contributed by atoms with E-state index >= 15 is 0 Å². The molecular formula is C20H17ClN4O3. The molecule has 0 radical (unpaired) electrons. The van der Waals surface area contributed by atoms with Crippen LogP contribution in [0.3, 0.4) is 0 Å². The van der Waals surface area contributed by atoms with Crippen molar-refractivity contribution in [1.29, 1.82) is 0 Å². The van der Waals surface area contributed by atoms with E-state index in [1.165, 1.54) is 19.5 Å². The van der Waals surface area contributed by atoms with Crippen LogP contribution in [-0.4, -0.2) is 29.0 Å². The smallest absolute Gasteiger partial charge is 0.337 e. The van der Waals surface area contributed by atoms with Gasteiger partial charge >= 0.3 is 5.97 Å². The number of hydrogen-bond acceptors (Lipinski definition) is 6. The fraction of sp³-hybridized carbons (Fsp3) is 0.100. The SMILES string of the molecule is COC(=O)c1ccc(NC(=O)c2cnc(NCc3ccc(Cl)cc3)cn2)cc1. The van der Waals surface area contributed by atoms with Crippen molar-refractivity contribution in [3.63, 3.8) is 0 Å². The summed E-state index contributed by atoms with van der Waals surface area (Å²) in [7, 11) is 1.31. The van der Waals surface area contributed by atoms with Crippen LogP contribution in [-0.2, 0) is 11.3 Å². The van der Waals surface area contributed by atoms with Gasteiger partial charge in [0.1, 0.15) is 11.5 Å². The number of halogens is 1. The lowest BCUT2D eigenvalue weighted by atomic mass is 10.2. The third kappa shape index (κ3) is 5.05. The van der Waals surface area contributed by atoms with Gasteiger partial charge in [-0.15, -0.1) is 0 Å². The number of rotatable bonds is 6. The summed E-state index contributed by atoms with van der Waals surface area (Å²) < 4.78 is 4.63. The molecule has 7 nitrogen and oxygen atoms in total. The van der Waals surface area contributed by atoms with Crippen molar-refractivity contribution in [3.05, 3.63) is 82.8 Å². The van der Waals surface area contributed by atoms with Crippen LogP contribution in [0.5, 0.6) is 0 Å². The summed E-state index contributed by atoms with van der Waals surface area (Å²) >= 11 is 5.86. The largest absolute Gasteiger partial charge is 0.465 e. The van der Waals surface area contributed by atoms with E-state index in [1.54, 1.807) is 24.3 Å². The highest BCUT2D eigenvalue weighted by molar-refractivity contribution is 6.30. The van der Waals surface area contributed by atoms with Crippen molar-refractivity contribution >= 4 is 35.0 Å². The van der Waals surface area contributed by atoms with Crippen molar-refractivity contribution < 1.29 is 14.3 Å². The van der Waals surface area contributed by atoms with E-state index in [2.05, 4.69) is 25.3 Å². The third-order valence-corrected chi connectivity index (χ3v) is 4.09. The standard InChI is InChI=1S/C20H17ClN4O3/c1-28-20(27)14-4-8-16(9-5-14)25-19(26)17-11-24-18(12-22-17)23-10-13-2-6-15(21)7-3-13/h2-9,11-12H,10H2,1H3,(H,23,24)(H,25,26). The van der Waals surface area contributed by atoms with Gasteiger partial charge in [-0.1, -0.05) is 23.7 Å². The lowest BCUT2D eigenvalue weighted by Gasteiger charge is -2.07. The molecule has 0 aliphatic rings. The Balaban J connectivity index is 1.57. The van der Waals surface area contributed by atoms with Crippen LogP contribution in [0.4, 0.5) is 11.5 Å². The molecule has 0 saturated heterocycles. The number of carbonyl (C=O) groups excluding carboxylic acids is 2. The summed E-state index contributed by atoms with van der Waals surface area (Å²) in [6.45, 7) is 0.559. The number of ether oxygens (including phenoxy) is 1. The first kappa shape index (κ1) is 19.3. The minimum absolute atomic E-state index is 0.175. The zero-order valence-electron chi connectivity index (χ0n) is 15.0. The highest BCUT2D eigenvalue weighted by atomic mass is 35.5. The number of nitrogens with one attached hydrogen (secondary N) is 2. The molecule has 0 fully saturated rings. The van der Waals surface area contributed by atoms with Crippen LogP contribution in [0, 0.1) is 0 Å². The van der Waals surface area contributed by atoms with Gasteiger partial charge in [0, 0.05) is 17.3 Å². The third-order valence-electron chi connectivity index (χ3n) is 3.84. The Morgan fingerprint density at radius 3 is 2.32 bits per heavy atom. The van der Waals surface area contributed by atoms with Crippen molar-refractivity contribution in [2.45, 2.75) is 6.54 Å². The molecule has 1 aromatic heterocycles. The predicted octanol–water partition coefficient (Wildman–Crippen LogP) is 3.78. The molecule has 1 heterocycles. The van der Waals surface area contributed by atoms with Crippen LogP contribution >= 0.6 is 11.6 Å². The molecule has 0 saturated carbocycles.